The molecule has 0 aliphatic carbocycles. The number of esters is 1. The van der Waals surface area contributed by atoms with Crippen molar-refractivity contribution in [2.45, 2.75) is 26.3 Å². The van der Waals surface area contributed by atoms with Crippen molar-refractivity contribution < 1.29 is 9.53 Å². The molecular formula is C13H15BrN4O2. The lowest BCUT2D eigenvalue weighted by Gasteiger charge is -2.10. The summed E-state index contributed by atoms with van der Waals surface area (Å²) < 4.78 is 7.33. The van der Waals surface area contributed by atoms with Crippen molar-refractivity contribution in [2.75, 3.05) is 7.11 Å². The molecule has 2 rings (SSSR count). The molecule has 6 nitrogen and oxygen atoms in total. The van der Waals surface area contributed by atoms with Gasteiger partial charge < -0.3 is 4.74 Å². The Labute approximate surface area is 125 Å². The lowest BCUT2D eigenvalue weighted by atomic mass is 10.1. The van der Waals surface area contributed by atoms with Crippen LogP contribution >= 0.6 is 15.9 Å². The van der Waals surface area contributed by atoms with E-state index >= 15 is 0 Å². The van der Waals surface area contributed by atoms with E-state index in [1.807, 2.05) is 26.0 Å². The molecule has 0 aliphatic rings. The van der Waals surface area contributed by atoms with E-state index in [1.54, 1.807) is 10.9 Å². The molecule has 0 radical (unpaired) electrons. The number of rotatable bonds is 4. The topological polar surface area (TPSA) is 69.9 Å². The van der Waals surface area contributed by atoms with Gasteiger partial charge in [0.25, 0.3) is 0 Å². The van der Waals surface area contributed by atoms with Gasteiger partial charge in [-0.05, 0) is 34.0 Å². The molecule has 0 spiro atoms. The molecule has 0 atom stereocenters. The van der Waals surface area contributed by atoms with Crippen molar-refractivity contribution in [1.29, 1.82) is 0 Å². The quantitative estimate of drug-likeness (QED) is 0.800. The Morgan fingerprint density at radius 3 is 2.75 bits per heavy atom. The van der Waals surface area contributed by atoms with Crippen LogP contribution < -0.4 is 0 Å². The van der Waals surface area contributed by atoms with E-state index in [4.69, 9.17) is 4.74 Å². The number of ether oxygens (including phenoxy) is 1. The number of aromatic nitrogens is 4. The number of carbonyl (C=O) groups is 1. The second-order valence-corrected chi connectivity index (χ2v) is 5.51. The average molecular weight is 339 g/mol. The Morgan fingerprint density at radius 2 is 2.20 bits per heavy atom. The smallest absolute Gasteiger partial charge is 0.360 e. The van der Waals surface area contributed by atoms with E-state index < -0.39 is 5.97 Å². The van der Waals surface area contributed by atoms with Crippen LogP contribution in [0.3, 0.4) is 0 Å². The average Bonchev–Trinajstić information content (AvgIpc) is 2.84. The molecule has 106 valence electrons. The Morgan fingerprint density at radius 1 is 1.45 bits per heavy atom. The SMILES string of the molecule is COC(=O)c1nnn(Cc2ccc(Br)cn2)c1C(C)C. The highest BCUT2D eigenvalue weighted by molar-refractivity contribution is 9.10. The lowest BCUT2D eigenvalue weighted by molar-refractivity contribution is 0.0592. The first-order chi connectivity index (χ1) is 9.52. The van der Waals surface area contributed by atoms with Crippen molar-refractivity contribution in [3.63, 3.8) is 0 Å². The Balaban J connectivity index is 2.34. The van der Waals surface area contributed by atoms with Crippen LogP contribution in [0.2, 0.25) is 0 Å². The van der Waals surface area contributed by atoms with Gasteiger partial charge in [-0.1, -0.05) is 19.1 Å². The number of carbonyl (C=O) groups excluding carboxylic acids is 1. The zero-order chi connectivity index (χ0) is 14.7. The number of pyridine rings is 1. The molecule has 20 heavy (non-hydrogen) atoms. The van der Waals surface area contributed by atoms with Crippen molar-refractivity contribution in [3.8, 4) is 0 Å². The maximum Gasteiger partial charge on any atom is 0.360 e. The van der Waals surface area contributed by atoms with Gasteiger partial charge in [-0.2, -0.15) is 0 Å². The van der Waals surface area contributed by atoms with Gasteiger partial charge in [-0.25, -0.2) is 9.48 Å². The molecule has 2 heterocycles. The van der Waals surface area contributed by atoms with Crippen LogP contribution in [-0.2, 0) is 11.3 Å². The molecule has 0 aliphatic heterocycles. The van der Waals surface area contributed by atoms with Crippen molar-refractivity contribution in [2.24, 2.45) is 0 Å². The first kappa shape index (κ1) is 14.6. The second-order valence-electron chi connectivity index (χ2n) is 4.59. The minimum Gasteiger partial charge on any atom is -0.464 e. The van der Waals surface area contributed by atoms with Gasteiger partial charge in [0.05, 0.1) is 25.0 Å². The molecule has 0 bridgehead atoms. The summed E-state index contributed by atoms with van der Waals surface area (Å²) >= 11 is 3.34. The predicted octanol–water partition coefficient (Wildman–Crippen LogP) is 2.39. The molecule has 2 aromatic rings. The summed E-state index contributed by atoms with van der Waals surface area (Å²) in [7, 11) is 1.34. The van der Waals surface area contributed by atoms with Gasteiger partial charge in [-0.15, -0.1) is 5.10 Å². The first-order valence-corrected chi connectivity index (χ1v) is 6.94. The summed E-state index contributed by atoms with van der Waals surface area (Å²) in [5.74, 6) is -0.363. The highest BCUT2D eigenvalue weighted by Crippen LogP contribution is 2.19. The number of hydrogen-bond acceptors (Lipinski definition) is 5. The molecule has 0 aromatic carbocycles. The third-order valence-corrected chi connectivity index (χ3v) is 3.27. The summed E-state index contributed by atoms with van der Waals surface area (Å²) in [5.41, 5.74) is 1.86. The summed E-state index contributed by atoms with van der Waals surface area (Å²) in [6, 6.07) is 3.81. The molecule has 7 heteroatoms. The normalized spacial score (nSPS) is 10.8. The third-order valence-electron chi connectivity index (χ3n) is 2.80. The maximum atomic E-state index is 11.7. The lowest BCUT2D eigenvalue weighted by Crippen LogP contribution is -2.12. The molecular weight excluding hydrogens is 324 g/mol. The maximum absolute atomic E-state index is 11.7. The Bertz CT molecular complexity index is 607. The minimum absolute atomic E-state index is 0.106. The van der Waals surface area contributed by atoms with Gasteiger partial charge in [0.15, 0.2) is 5.69 Å². The monoisotopic (exact) mass is 338 g/mol. The number of methoxy groups -OCH3 is 1. The summed E-state index contributed by atoms with van der Waals surface area (Å²) in [5, 5.41) is 7.96. The van der Waals surface area contributed by atoms with E-state index in [-0.39, 0.29) is 11.6 Å². The van der Waals surface area contributed by atoms with E-state index in [0.29, 0.717) is 6.54 Å². The fraction of sp³-hybridized carbons (Fsp3) is 0.385. The molecule has 2 aromatic heterocycles. The van der Waals surface area contributed by atoms with Crippen LogP contribution in [0.5, 0.6) is 0 Å². The van der Waals surface area contributed by atoms with Crippen molar-refractivity contribution >= 4 is 21.9 Å². The summed E-state index contributed by atoms with van der Waals surface area (Å²) in [6.07, 6.45) is 1.72. The fourth-order valence-electron chi connectivity index (χ4n) is 1.90. The molecule has 0 saturated heterocycles. The molecule has 0 amide bonds. The highest BCUT2D eigenvalue weighted by Gasteiger charge is 2.22. The van der Waals surface area contributed by atoms with Gasteiger partial charge in [0.1, 0.15) is 0 Å². The van der Waals surface area contributed by atoms with Gasteiger partial charge in [-0.3, -0.25) is 4.98 Å². The van der Waals surface area contributed by atoms with Gasteiger partial charge in [0, 0.05) is 10.7 Å². The van der Waals surface area contributed by atoms with E-state index in [9.17, 15) is 4.79 Å². The van der Waals surface area contributed by atoms with Crippen LogP contribution in [0.15, 0.2) is 22.8 Å². The zero-order valence-corrected chi connectivity index (χ0v) is 13.1. The zero-order valence-electron chi connectivity index (χ0n) is 11.5. The summed E-state index contributed by atoms with van der Waals surface area (Å²) in [4.78, 5) is 16.0. The molecule has 0 saturated carbocycles. The second kappa shape index (κ2) is 6.13. The first-order valence-electron chi connectivity index (χ1n) is 6.15. The van der Waals surface area contributed by atoms with E-state index in [1.165, 1.54) is 7.11 Å². The van der Waals surface area contributed by atoms with Crippen LogP contribution in [0.4, 0.5) is 0 Å². The molecule has 0 N–H and O–H groups in total. The van der Waals surface area contributed by atoms with Crippen LogP contribution in [0.1, 0.15) is 41.6 Å². The predicted molar refractivity (Wildman–Crippen MR) is 76.5 cm³/mol. The molecule has 0 unspecified atom stereocenters. The highest BCUT2D eigenvalue weighted by atomic mass is 79.9. The minimum atomic E-state index is -0.469. The number of hydrogen-bond donors (Lipinski definition) is 0. The van der Waals surface area contributed by atoms with Crippen molar-refractivity contribution in [3.05, 3.63) is 39.9 Å². The van der Waals surface area contributed by atoms with E-state index in [0.717, 1.165) is 15.9 Å². The fourth-order valence-corrected chi connectivity index (χ4v) is 2.14. The van der Waals surface area contributed by atoms with Gasteiger partial charge >= 0.3 is 5.97 Å². The third kappa shape index (κ3) is 3.04. The summed E-state index contributed by atoms with van der Waals surface area (Å²) in [6.45, 7) is 4.43. The van der Waals surface area contributed by atoms with Crippen molar-refractivity contribution in [1.82, 2.24) is 20.0 Å². The van der Waals surface area contributed by atoms with Gasteiger partial charge in [0.2, 0.25) is 0 Å². The van der Waals surface area contributed by atoms with Crippen LogP contribution in [0.25, 0.3) is 0 Å². The standard InChI is InChI=1S/C13H15BrN4O2/c1-8(2)12-11(13(19)20-3)16-17-18(12)7-10-5-4-9(14)6-15-10/h4-6,8H,7H2,1-3H3. The van der Waals surface area contributed by atoms with Crippen LogP contribution in [0, 0.1) is 0 Å². The van der Waals surface area contributed by atoms with E-state index in [2.05, 4.69) is 31.2 Å². The Hall–Kier alpha value is -1.76. The van der Waals surface area contributed by atoms with Crippen LogP contribution in [-0.4, -0.2) is 33.1 Å². The number of halogens is 1. The largest absolute Gasteiger partial charge is 0.464 e. The number of nitrogens with zero attached hydrogens (tertiary/aromatic N) is 4. The molecule has 0 fully saturated rings. The Kier molecular flexibility index (Phi) is 4.49.